The van der Waals surface area contributed by atoms with Crippen LogP contribution >= 0.6 is 0 Å². The molecule has 1 aromatic carbocycles. The second kappa shape index (κ2) is 6.67. The lowest BCUT2D eigenvalue weighted by molar-refractivity contribution is 0.214. The zero-order chi connectivity index (χ0) is 17.4. The SMILES string of the molecule is COc1ccc2c(c1)C[C@@H](N[C@@H]1CCCn3nc(C(C)C)nc31)CO2. The third-order valence-electron chi connectivity index (χ3n) is 5.02. The number of benzene rings is 1. The van der Waals surface area contributed by atoms with Crippen molar-refractivity contribution in [3.8, 4) is 11.5 Å². The molecule has 0 bridgehead atoms. The average Bonchev–Trinajstić information content (AvgIpc) is 3.07. The summed E-state index contributed by atoms with van der Waals surface area (Å²) in [5.41, 5.74) is 1.20. The van der Waals surface area contributed by atoms with Gasteiger partial charge in [-0.25, -0.2) is 9.67 Å². The van der Waals surface area contributed by atoms with Crippen LogP contribution in [-0.4, -0.2) is 34.5 Å². The first kappa shape index (κ1) is 16.4. The Morgan fingerprint density at radius 1 is 1.36 bits per heavy atom. The third kappa shape index (κ3) is 3.23. The Kier molecular flexibility index (Phi) is 4.37. The van der Waals surface area contributed by atoms with Crippen molar-refractivity contribution in [1.29, 1.82) is 0 Å². The largest absolute Gasteiger partial charge is 0.497 e. The first-order valence-corrected chi connectivity index (χ1v) is 9.14. The molecule has 0 radical (unpaired) electrons. The lowest BCUT2D eigenvalue weighted by Crippen LogP contribution is -2.43. The Balaban J connectivity index is 1.50. The molecule has 134 valence electrons. The number of aryl methyl sites for hydroxylation is 1. The monoisotopic (exact) mass is 342 g/mol. The third-order valence-corrected chi connectivity index (χ3v) is 5.02. The molecule has 2 atom stereocenters. The predicted octanol–water partition coefficient (Wildman–Crippen LogP) is 2.84. The second-order valence-electron chi connectivity index (χ2n) is 7.25. The lowest BCUT2D eigenvalue weighted by Gasteiger charge is -2.31. The van der Waals surface area contributed by atoms with Crippen molar-refractivity contribution >= 4 is 0 Å². The molecule has 6 heteroatoms. The standard InChI is InChI=1S/C19H26N4O2/c1-12(2)18-21-19-16(5-4-8-23(19)22-18)20-14-9-13-10-15(24-3)6-7-17(13)25-11-14/h6-7,10,12,14,16,20H,4-5,8-9,11H2,1-3H3/t14-,16-/m1/s1. The summed E-state index contributed by atoms with van der Waals surface area (Å²) in [6.07, 6.45) is 3.16. The van der Waals surface area contributed by atoms with Crippen molar-refractivity contribution in [2.24, 2.45) is 0 Å². The predicted molar refractivity (Wildman–Crippen MR) is 95.2 cm³/mol. The maximum Gasteiger partial charge on any atom is 0.153 e. The number of methoxy groups -OCH3 is 1. The van der Waals surface area contributed by atoms with Gasteiger partial charge in [0.15, 0.2) is 5.82 Å². The van der Waals surface area contributed by atoms with Crippen LogP contribution in [0.25, 0.3) is 0 Å². The van der Waals surface area contributed by atoms with Gasteiger partial charge in [-0.1, -0.05) is 13.8 Å². The van der Waals surface area contributed by atoms with Crippen molar-refractivity contribution < 1.29 is 9.47 Å². The molecule has 0 fully saturated rings. The Morgan fingerprint density at radius 2 is 2.24 bits per heavy atom. The molecule has 2 aromatic rings. The molecule has 6 nitrogen and oxygen atoms in total. The second-order valence-corrected chi connectivity index (χ2v) is 7.25. The minimum atomic E-state index is 0.245. The van der Waals surface area contributed by atoms with Crippen LogP contribution in [0.4, 0.5) is 0 Å². The summed E-state index contributed by atoms with van der Waals surface area (Å²) in [6, 6.07) is 6.54. The topological polar surface area (TPSA) is 61.2 Å². The van der Waals surface area contributed by atoms with Crippen LogP contribution in [0.3, 0.4) is 0 Å². The van der Waals surface area contributed by atoms with Crippen molar-refractivity contribution in [2.45, 2.75) is 57.7 Å². The molecule has 0 spiro atoms. The quantitative estimate of drug-likeness (QED) is 0.926. The molecule has 4 rings (SSSR count). The van der Waals surface area contributed by atoms with E-state index in [-0.39, 0.29) is 12.1 Å². The number of fused-ring (bicyclic) bond motifs is 2. The van der Waals surface area contributed by atoms with Gasteiger partial charge in [0.25, 0.3) is 0 Å². The van der Waals surface area contributed by atoms with E-state index < -0.39 is 0 Å². The molecule has 3 heterocycles. The number of hydrogen-bond acceptors (Lipinski definition) is 5. The zero-order valence-corrected chi connectivity index (χ0v) is 15.2. The minimum Gasteiger partial charge on any atom is -0.497 e. The molecule has 25 heavy (non-hydrogen) atoms. The van der Waals surface area contributed by atoms with Gasteiger partial charge in [0.2, 0.25) is 0 Å². The van der Waals surface area contributed by atoms with Crippen molar-refractivity contribution in [3.05, 3.63) is 35.4 Å². The maximum atomic E-state index is 5.95. The fraction of sp³-hybridized carbons (Fsp3) is 0.579. The van der Waals surface area contributed by atoms with E-state index in [4.69, 9.17) is 14.5 Å². The van der Waals surface area contributed by atoms with Gasteiger partial charge in [0.05, 0.1) is 13.2 Å². The van der Waals surface area contributed by atoms with Gasteiger partial charge in [-0.3, -0.25) is 0 Å². The van der Waals surface area contributed by atoms with Crippen molar-refractivity contribution in [1.82, 2.24) is 20.1 Å². The smallest absolute Gasteiger partial charge is 0.153 e. The highest BCUT2D eigenvalue weighted by Crippen LogP contribution is 2.31. The van der Waals surface area contributed by atoms with Crippen LogP contribution in [0.15, 0.2) is 18.2 Å². The van der Waals surface area contributed by atoms with Gasteiger partial charge in [0, 0.05) is 18.5 Å². The number of rotatable bonds is 4. The Labute approximate surface area is 148 Å². The molecule has 1 aromatic heterocycles. The van der Waals surface area contributed by atoms with Gasteiger partial charge in [0.1, 0.15) is 23.9 Å². The number of nitrogens with one attached hydrogen (secondary N) is 1. The number of ether oxygens (including phenoxy) is 2. The molecular formula is C19H26N4O2. The lowest BCUT2D eigenvalue weighted by atomic mass is 9.99. The van der Waals surface area contributed by atoms with Gasteiger partial charge < -0.3 is 14.8 Å². The van der Waals surface area contributed by atoms with Crippen LogP contribution in [0.2, 0.25) is 0 Å². The molecule has 0 saturated heterocycles. The van der Waals surface area contributed by atoms with Crippen LogP contribution in [0.1, 0.15) is 55.9 Å². The summed E-state index contributed by atoms with van der Waals surface area (Å²) in [5, 5.41) is 8.43. The van der Waals surface area contributed by atoms with Crippen LogP contribution < -0.4 is 14.8 Å². The van der Waals surface area contributed by atoms with Crippen molar-refractivity contribution in [2.75, 3.05) is 13.7 Å². The van der Waals surface area contributed by atoms with Gasteiger partial charge in [-0.05, 0) is 43.0 Å². The fourth-order valence-corrected chi connectivity index (χ4v) is 3.66. The van der Waals surface area contributed by atoms with Gasteiger partial charge in [-0.2, -0.15) is 5.10 Å². The maximum absolute atomic E-state index is 5.95. The van der Waals surface area contributed by atoms with E-state index in [9.17, 15) is 0 Å². The molecule has 2 aliphatic heterocycles. The zero-order valence-electron chi connectivity index (χ0n) is 15.2. The summed E-state index contributed by atoms with van der Waals surface area (Å²) in [7, 11) is 1.70. The fourth-order valence-electron chi connectivity index (χ4n) is 3.66. The first-order chi connectivity index (χ1) is 12.1. The minimum absolute atomic E-state index is 0.245. The van der Waals surface area contributed by atoms with Crippen LogP contribution in [0.5, 0.6) is 11.5 Å². The summed E-state index contributed by atoms with van der Waals surface area (Å²) in [4.78, 5) is 4.80. The van der Waals surface area contributed by atoms with E-state index in [2.05, 4.69) is 35.0 Å². The van der Waals surface area contributed by atoms with E-state index in [1.54, 1.807) is 7.11 Å². The van der Waals surface area contributed by atoms with E-state index in [0.29, 0.717) is 12.5 Å². The highest BCUT2D eigenvalue weighted by molar-refractivity contribution is 5.42. The van der Waals surface area contributed by atoms with Crippen LogP contribution in [-0.2, 0) is 13.0 Å². The molecule has 0 amide bonds. The summed E-state index contributed by atoms with van der Waals surface area (Å²) >= 11 is 0. The van der Waals surface area contributed by atoms with Gasteiger partial charge >= 0.3 is 0 Å². The summed E-state index contributed by atoms with van der Waals surface area (Å²) in [6.45, 7) is 5.93. The molecule has 0 aliphatic carbocycles. The Hall–Kier alpha value is -2.08. The molecule has 0 saturated carbocycles. The molecule has 2 aliphatic rings. The molecule has 0 unspecified atom stereocenters. The van der Waals surface area contributed by atoms with E-state index in [1.807, 2.05) is 12.1 Å². The van der Waals surface area contributed by atoms with E-state index in [1.165, 1.54) is 5.56 Å². The van der Waals surface area contributed by atoms with Crippen LogP contribution in [0, 0.1) is 0 Å². The highest BCUT2D eigenvalue weighted by atomic mass is 16.5. The normalized spacial score (nSPS) is 22.2. The first-order valence-electron chi connectivity index (χ1n) is 9.14. The van der Waals surface area contributed by atoms with Crippen molar-refractivity contribution in [3.63, 3.8) is 0 Å². The van der Waals surface area contributed by atoms with E-state index in [0.717, 1.165) is 49.0 Å². The number of hydrogen-bond donors (Lipinski definition) is 1. The van der Waals surface area contributed by atoms with E-state index >= 15 is 0 Å². The molecular weight excluding hydrogens is 316 g/mol. The number of aromatic nitrogens is 3. The molecule has 1 N–H and O–H groups in total. The number of nitrogens with zero attached hydrogens (tertiary/aromatic N) is 3. The highest BCUT2D eigenvalue weighted by Gasteiger charge is 2.29. The summed E-state index contributed by atoms with van der Waals surface area (Å²) < 4.78 is 13.4. The Morgan fingerprint density at radius 3 is 3.04 bits per heavy atom. The summed E-state index contributed by atoms with van der Waals surface area (Å²) in [5.74, 6) is 4.22. The average molecular weight is 342 g/mol. The Bertz CT molecular complexity index is 756. The van der Waals surface area contributed by atoms with Gasteiger partial charge in [-0.15, -0.1) is 0 Å².